The van der Waals surface area contributed by atoms with Crippen LogP contribution in [-0.4, -0.2) is 24.9 Å². The van der Waals surface area contributed by atoms with E-state index >= 15 is 0 Å². The monoisotopic (exact) mass is 232 g/mol. The predicted molar refractivity (Wildman–Crippen MR) is 53.9 cm³/mol. The molecule has 0 heterocycles. The largest absolute Gasteiger partial charge is 0.418 e. The molecule has 0 radical (unpaired) electrons. The number of nitrogens with two attached hydrogens (primary N) is 1. The van der Waals surface area contributed by atoms with Gasteiger partial charge in [0.15, 0.2) is 0 Å². The number of rotatable bonds is 1. The molecule has 2 N–H and O–H groups in total. The average Bonchev–Trinajstić information content (AvgIpc) is 2.15. The lowest BCUT2D eigenvalue weighted by Gasteiger charge is -2.15. The number of carbonyl (C=O) groups excluding carboxylic acids is 1. The second-order valence-electron chi connectivity index (χ2n) is 3.46. The van der Waals surface area contributed by atoms with Gasteiger partial charge in [-0.05, 0) is 12.1 Å². The first-order chi connectivity index (χ1) is 7.25. The van der Waals surface area contributed by atoms with Crippen LogP contribution in [0.5, 0.6) is 0 Å². The third-order valence-corrected chi connectivity index (χ3v) is 2.05. The molecule has 0 aliphatic carbocycles. The minimum atomic E-state index is -4.55. The highest BCUT2D eigenvalue weighted by Crippen LogP contribution is 2.35. The van der Waals surface area contributed by atoms with Gasteiger partial charge < -0.3 is 10.6 Å². The van der Waals surface area contributed by atoms with E-state index < -0.39 is 23.3 Å². The van der Waals surface area contributed by atoms with Crippen molar-refractivity contribution in [2.45, 2.75) is 6.18 Å². The number of nitrogen functional groups attached to an aromatic ring is 1. The van der Waals surface area contributed by atoms with Crippen molar-refractivity contribution in [3.05, 3.63) is 29.3 Å². The molecule has 1 rings (SSSR count). The van der Waals surface area contributed by atoms with Crippen molar-refractivity contribution >= 4 is 11.6 Å². The van der Waals surface area contributed by atoms with Crippen LogP contribution in [0.3, 0.4) is 0 Å². The number of hydrogen-bond acceptors (Lipinski definition) is 2. The third kappa shape index (κ3) is 2.26. The molecule has 0 atom stereocenters. The second kappa shape index (κ2) is 4.03. The van der Waals surface area contributed by atoms with E-state index in [1.54, 1.807) is 0 Å². The number of amides is 1. The molecule has 3 nitrogen and oxygen atoms in total. The maximum atomic E-state index is 12.5. The highest BCUT2D eigenvalue weighted by Gasteiger charge is 2.34. The molecule has 6 heteroatoms. The van der Waals surface area contributed by atoms with E-state index in [0.29, 0.717) is 0 Å². The first kappa shape index (κ1) is 12.4. The first-order valence-electron chi connectivity index (χ1n) is 4.42. The molecule has 0 saturated carbocycles. The number of carbonyl (C=O) groups is 1. The molecular weight excluding hydrogens is 221 g/mol. The fraction of sp³-hybridized carbons (Fsp3) is 0.300. The number of nitrogens with zero attached hydrogens (tertiary/aromatic N) is 1. The number of anilines is 1. The molecule has 0 unspecified atom stereocenters. The average molecular weight is 232 g/mol. The first-order valence-corrected chi connectivity index (χ1v) is 4.42. The maximum Gasteiger partial charge on any atom is 0.418 e. The number of hydrogen-bond donors (Lipinski definition) is 1. The molecule has 0 aliphatic heterocycles. The highest BCUT2D eigenvalue weighted by molar-refractivity contribution is 5.99. The lowest BCUT2D eigenvalue weighted by Crippen LogP contribution is -2.24. The van der Waals surface area contributed by atoms with Crippen LogP contribution in [0.25, 0.3) is 0 Å². The van der Waals surface area contributed by atoms with Crippen molar-refractivity contribution in [3.63, 3.8) is 0 Å². The van der Waals surface area contributed by atoms with Crippen molar-refractivity contribution in [1.29, 1.82) is 0 Å². The van der Waals surface area contributed by atoms with Crippen molar-refractivity contribution in [3.8, 4) is 0 Å². The molecule has 0 fully saturated rings. The summed E-state index contributed by atoms with van der Waals surface area (Å²) in [5.41, 5.74) is 3.68. The van der Waals surface area contributed by atoms with E-state index in [1.807, 2.05) is 0 Å². The minimum absolute atomic E-state index is 0.139. The predicted octanol–water partition coefficient (Wildman–Crippen LogP) is 1.99. The van der Waals surface area contributed by atoms with Gasteiger partial charge in [0.05, 0.1) is 16.8 Å². The normalized spacial score (nSPS) is 11.3. The minimum Gasteiger partial charge on any atom is -0.398 e. The third-order valence-electron chi connectivity index (χ3n) is 2.05. The fourth-order valence-corrected chi connectivity index (χ4v) is 1.24. The van der Waals surface area contributed by atoms with Gasteiger partial charge in [-0.1, -0.05) is 6.07 Å². The van der Waals surface area contributed by atoms with Gasteiger partial charge in [-0.2, -0.15) is 13.2 Å². The molecule has 88 valence electrons. The van der Waals surface area contributed by atoms with Gasteiger partial charge in [-0.15, -0.1) is 0 Å². The van der Waals surface area contributed by atoms with Crippen LogP contribution in [-0.2, 0) is 6.18 Å². The molecule has 1 amide bonds. The van der Waals surface area contributed by atoms with E-state index in [9.17, 15) is 18.0 Å². The maximum absolute atomic E-state index is 12.5. The highest BCUT2D eigenvalue weighted by atomic mass is 19.4. The lowest BCUT2D eigenvalue weighted by molar-refractivity contribution is -0.136. The standard InChI is InChI=1S/C10H11F3N2O/c1-15(2)9(16)6-4-3-5-7(8(6)14)10(11,12)13/h3-5H,14H2,1-2H3. The quantitative estimate of drug-likeness (QED) is 0.752. The van der Waals surface area contributed by atoms with Gasteiger partial charge in [0.1, 0.15) is 0 Å². The zero-order valence-electron chi connectivity index (χ0n) is 8.80. The summed E-state index contributed by atoms with van der Waals surface area (Å²) in [6, 6.07) is 3.28. The van der Waals surface area contributed by atoms with Crippen LogP contribution < -0.4 is 5.73 Å². The van der Waals surface area contributed by atoms with Crippen LogP contribution in [0, 0.1) is 0 Å². The SMILES string of the molecule is CN(C)C(=O)c1cccc(C(F)(F)F)c1N. The zero-order valence-corrected chi connectivity index (χ0v) is 8.80. The van der Waals surface area contributed by atoms with E-state index in [0.717, 1.165) is 12.1 Å². The number of halogens is 3. The van der Waals surface area contributed by atoms with Crippen molar-refractivity contribution < 1.29 is 18.0 Å². The molecule has 16 heavy (non-hydrogen) atoms. The summed E-state index contributed by atoms with van der Waals surface area (Å²) in [5, 5.41) is 0. The zero-order chi connectivity index (χ0) is 12.5. The Hall–Kier alpha value is -1.72. The summed E-state index contributed by atoms with van der Waals surface area (Å²) in [6.07, 6.45) is -4.55. The van der Waals surface area contributed by atoms with Crippen molar-refractivity contribution in [2.75, 3.05) is 19.8 Å². The molecule has 0 spiro atoms. The van der Waals surface area contributed by atoms with Crippen molar-refractivity contribution in [2.24, 2.45) is 0 Å². The summed E-state index contributed by atoms with van der Waals surface area (Å²) in [7, 11) is 2.89. The molecule has 0 aromatic heterocycles. The Balaban J connectivity index is 3.30. The van der Waals surface area contributed by atoms with E-state index in [-0.39, 0.29) is 5.56 Å². The Kier molecular flexibility index (Phi) is 3.11. The summed E-state index contributed by atoms with van der Waals surface area (Å²) in [5.74, 6) is -0.552. The second-order valence-corrected chi connectivity index (χ2v) is 3.46. The summed E-state index contributed by atoms with van der Waals surface area (Å²) < 4.78 is 37.5. The number of alkyl halides is 3. The van der Waals surface area contributed by atoms with Gasteiger partial charge in [-0.3, -0.25) is 4.79 Å². The number of para-hydroxylation sites is 1. The van der Waals surface area contributed by atoms with Gasteiger partial charge in [0.25, 0.3) is 5.91 Å². The van der Waals surface area contributed by atoms with Gasteiger partial charge in [-0.25, -0.2) is 0 Å². The van der Waals surface area contributed by atoms with Crippen LogP contribution in [0.2, 0.25) is 0 Å². The molecule has 1 aromatic carbocycles. The van der Waals surface area contributed by atoms with E-state index in [4.69, 9.17) is 5.73 Å². The van der Waals surface area contributed by atoms with Crippen LogP contribution in [0.4, 0.5) is 18.9 Å². The van der Waals surface area contributed by atoms with Gasteiger partial charge in [0.2, 0.25) is 0 Å². The molecule has 0 aliphatic rings. The Morgan fingerprint density at radius 3 is 2.31 bits per heavy atom. The molecule has 0 saturated heterocycles. The van der Waals surface area contributed by atoms with Crippen LogP contribution >= 0.6 is 0 Å². The number of benzene rings is 1. The smallest absolute Gasteiger partial charge is 0.398 e. The molecule has 0 bridgehead atoms. The Labute approximate surface area is 90.6 Å². The Morgan fingerprint density at radius 1 is 1.31 bits per heavy atom. The topological polar surface area (TPSA) is 46.3 Å². The van der Waals surface area contributed by atoms with Gasteiger partial charge in [0, 0.05) is 14.1 Å². The summed E-state index contributed by atoms with van der Waals surface area (Å²) >= 11 is 0. The molecular formula is C10H11F3N2O. The van der Waals surface area contributed by atoms with E-state index in [2.05, 4.69) is 0 Å². The summed E-state index contributed by atoms with van der Waals surface area (Å²) in [6.45, 7) is 0. The Bertz CT molecular complexity index is 413. The summed E-state index contributed by atoms with van der Waals surface area (Å²) in [4.78, 5) is 12.7. The Morgan fingerprint density at radius 2 is 1.88 bits per heavy atom. The van der Waals surface area contributed by atoms with Gasteiger partial charge >= 0.3 is 6.18 Å². The van der Waals surface area contributed by atoms with Crippen molar-refractivity contribution in [1.82, 2.24) is 4.90 Å². The lowest BCUT2D eigenvalue weighted by atomic mass is 10.1. The van der Waals surface area contributed by atoms with Crippen LogP contribution in [0.15, 0.2) is 18.2 Å². The molecule has 1 aromatic rings. The fourth-order valence-electron chi connectivity index (χ4n) is 1.24. The van der Waals surface area contributed by atoms with Crippen LogP contribution in [0.1, 0.15) is 15.9 Å². The van der Waals surface area contributed by atoms with E-state index in [1.165, 1.54) is 25.1 Å².